The second kappa shape index (κ2) is 5.61. The van der Waals surface area contributed by atoms with Gasteiger partial charge in [0.15, 0.2) is 0 Å². The molecule has 1 N–H and O–H groups in total. The Kier molecular flexibility index (Phi) is 4.74. The first-order valence-electron chi connectivity index (χ1n) is 5.68. The van der Waals surface area contributed by atoms with E-state index in [1.54, 1.807) is 0 Å². The topological polar surface area (TPSA) is 15.3 Å². The van der Waals surface area contributed by atoms with Crippen molar-refractivity contribution in [1.29, 1.82) is 0 Å². The van der Waals surface area contributed by atoms with Gasteiger partial charge in [0, 0.05) is 32.2 Å². The van der Waals surface area contributed by atoms with Gasteiger partial charge in [0.05, 0.1) is 0 Å². The molecular formula is C11H24N2. The number of nitrogens with zero attached hydrogens (tertiary/aromatic N) is 1. The van der Waals surface area contributed by atoms with Crippen LogP contribution in [0.25, 0.3) is 0 Å². The van der Waals surface area contributed by atoms with Crippen LogP contribution in [0.5, 0.6) is 0 Å². The number of hydrogen-bond acceptors (Lipinski definition) is 2. The van der Waals surface area contributed by atoms with Crippen molar-refractivity contribution < 1.29 is 0 Å². The molecule has 0 radical (unpaired) electrons. The van der Waals surface area contributed by atoms with E-state index in [2.05, 4.69) is 31.0 Å². The van der Waals surface area contributed by atoms with Gasteiger partial charge in [0.1, 0.15) is 0 Å². The summed E-state index contributed by atoms with van der Waals surface area (Å²) in [4.78, 5) is 2.61. The van der Waals surface area contributed by atoms with Crippen molar-refractivity contribution in [3.05, 3.63) is 0 Å². The molecule has 2 nitrogen and oxygen atoms in total. The highest BCUT2D eigenvalue weighted by molar-refractivity contribution is 4.74. The van der Waals surface area contributed by atoms with Crippen LogP contribution in [0.2, 0.25) is 0 Å². The molecule has 0 aromatic carbocycles. The zero-order valence-electron chi connectivity index (χ0n) is 9.34. The Morgan fingerprint density at radius 1 is 1.23 bits per heavy atom. The fraction of sp³-hybridized carbons (Fsp3) is 1.00. The second-order valence-corrected chi connectivity index (χ2v) is 4.38. The van der Waals surface area contributed by atoms with Crippen molar-refractivity contribution in [3.63, 3.8) is 0 Å². The molecular weight excluding hydrogens is 160 g/mol. The molecule has 1 fully saturated rings. The minimum absolute atomic E-state index is 0.775. The zero-order valence-corrected chi connectivity index (χ0v) is 9.34. The molecule has 78 valence electrons. The molecule has 0 aromatic rings. The van der Waals surface area contributed by atoms with Crippen molar-refractivity contribution in [2.24, 2.45) is 5.92 Å². The molecule has 1 aliphatic rings. The average Bonchev–Trinajstić information content (AvgIpc) is 2.19. The Bertz CT molecular complexity index is 130. The van der Waals surface area contributed by atoms with Gasteiger partial charge in [-0.15, -0.1) is 0 Å². The van der Waals surface area contributed by atoms with E-state index < -0.39 is 0 Å². The van der Waals surface area contributed by atoms with Crippen LogP contribution in [0.4, 0.5) is 0 Å². The largest absolute Gasteiger partial charge is 0.314 e. The molecule has 0 aromatic heterocycles. The molecule has 0 saturated carbocycles. The van der Waals surface area contributed by atoms with Crippen molar-refractivity contribution in [2.75, 3.05) is 26.2 Å². The average molecular weight is 184 g/mol. The van der Waals surface area contributed by atoms with Crippen molar-refractivity contribution in [3.8, 4) is 0 Å². The van der Waals surface area contributed by atoms with E-state index >= 15 is 0 Å². The van der Waals surface area contributed by atoms with Crippen LogP contribution in [0.15, 0.2) is 0 Å². The molecule has 1 aliphatic heterocycles. The van der Waals surface area contributed by atoms with Gasteiger partial charge in [-0.2, -0.15) is 0 Å². The van der Waals surface area contributed by atoms with Gasteiger partial charge in [-0.3, -0.25) is 4.90 Å². The van der Waals surface area contributed by atoms with Crippen LogP contribution in [0.1, 0.15) is 33.6 Å². The monoisotopic (exact) mass is 184 g/mol. The molecule has 0 amide bonds. The molecule has 0 spiro atoms. The van der Waals surface area contributed by atoms with Gasteiger partial charge in [-0.05, 0) is 19.3 Å². The fourth-order valence-electron chi connectivity index (χ4n) is 2.02. The first-order chi connectivity index (χ1) is 6.24. The summed E-state index contributed by atoms with van der Waals surface area (Å²) in [7, 11) is 0. The maximum Gasteiger partial charge on any atom is 0.0110 e. The van der Waals surface area contributed by atoms with Crippen LogP contribution in [0.3, 0.4) is 0 Å². The minimum Gasteiger partial charge on any atom is -0.314 e. The van der Waals surface area contributed by atoms with Crippen LogP contribution in [-0.2, 0) is 0 Å². The predicted molar refractivity (Wildman–Crippen MR) is 58.0 cm³/mol. The van der Waals surface area contributed by atoms with Crippen LogP contribution in [-0.4, -0.2) is 37.1 Å². The Hall–Kier alpha value is -0.0800. The first-order valence-corrected chi connectivity index (χ1v) is 5.68. The van der Waals surface area contributed by atoms with E-state index in [1.807, 2.05) is 0 Å². The third-order valence-corrected chi connectivity index (χ3v) is 3.22. The van der Waals surface area contributed by atoms with Crippen LogP contribution < -0.4 is 5.32 Å². The van der Waals surface area contributed by atoms with E-state index in [0.717, 1.165) is 12.0 Å². The Morgan fingerprint density at radius 3 is 2.38 bits per heavy atom. The number of nitrogens with one attached hydrogen (secondary N) is 1. The molecule has 2 heteroatoms. The number of rotatable bonds is 4. The van der Waals surface area contributed by atoms with Crippen LogP contribution in [0, 0.1) is 5.92 Å². The molecule has 1 saturated heterocycles. The molecule has 2 unspecified atom stereocenters. The van der Waals surface area contributed by atoms with Crippen molar-refractivity contribution in [1.82, 2.24) is 10.2 Å². The smallest absolute Gasteiger partial charge is 0.0110 e. The summed E-state index contributed by atoms with van der Waals surface area (Å²) in [5, 5.41) is 3.40. The Balaban J connectivity index is 2.24. The number of hydrogen-bond donors (Lipinski definition) is 1. The van der Waals surface area contributed by atoms with Gasteiger partial charge in [-0.1, -0.05) is 20.3 Å². The number of piperazine rings is 1. The molecule has 0 bridgehead atoms. The van der Waals surface area contributed by atoms with Gasteiger partial charge in [-0.25, -0.2) is 0 Å². The van der Waals surface area contributed by atoms with Gasteiger partial charge in [0.2, 0.25) is 0 Å². The SMILES string of the molecule is CCC(C)CC(C)N1CCNCC1. The lowest BCUT2D eigenvalue weighted by molar-refractivity contribution is 0.162. The molecule has 1 rings (SSSR count). The summed E-state index contributed by atoms with van der Waals surface area (Å²) in [5.74, 6) is 0.880. The van der Waals surface area contributed by atoms with Gasteiger partial charge < -0.3 is 5.32 Å². The summed E-state index contributed by atoms with van der Waals surface area (Å²) in [6.45, 7) is 11.8. The van der Waals surface area contributed by atoms with Crippen molar-refractivity contribution in [2.45, 2.75) is 39.7 Å². The zero-order chi connectivity index (χ0) is 9.68. The lowest BCUT2D eigenvalue weighted by atomic mass is 9.99. The highest BCUT2D eigenvalue weighted by atomic mass is 15.2. The Labute approximate surface area is 82.7 Å². The fourth-order valence-corrected chi connectivity index (χ4v) is 2.02. The lowest BCUT2D eigenvalue weighted by Crippen LogP contribution is -2.47. The van der Waals surface area contributed by atoms with Crippen LogP contribution >= 0.6 is 0 Å². The lowest BCUT2D eigenvalue weighted by Gasteiger charge is -2.34. The maximum absolute atomic E-state index is 3.40. The molecule has 2 atom stereocenters. The minimum atomic E-state index is 0.775. The summed E-state index contributed by atoms with van der Waals surface area (Å²) in [5.41, 5.74) is 0. The van der Waals surface area contributed by atoms with E-state index in [1.165, 1.54) is 39.0 Å². The molecule has 0 aliphatic carbocycles. The summed E-state index contributed by atoms with van der Waals surface area (Å²) >= 11 is 0. The van der Waals surface area contributed by atoms with Gasteiger partial charge >= 0.3 is 0 Å². The van der Waals surface area contributed by atoms with Gasteiger partial charge in [0.25, 0.3) is 0 Å². The Morgan fingerprint density at radius 2 is 1.85 bits per heavy atom. The standard InChI is InChI=1S/C11H24N2/c1-4-10(2)9-11(3)13-7-5-12-6-8-13/h10-12H,4-9H2,1-3H3. The second-order valence-electron chi connectivity index (χ2n) is 4.38. The quantitative estimate of drug-likeness (QED) is 0.715. The highest BCUT2D eigenvalue weighted by Gasteiger charge is 2.17. The van der Waals surface area contributed by atoms with E-state index in [4.69, 9.17) is 0 Å². The van der Waals surface area contributed by atoms with E-state index in [9.17, 15) is 0 Å². The molecule has 1 heterocycles. The summed E-state index contributed by atoms with van der Waals surface area (Å²) in [6, 6.07) is 0.775. The normalized spacial score (nSPS) is 24.2. The van der Waals surface area contributed by atoms with E-state index in [-0.39, 0.29) is 0 Å². The first kappa shape index (κ1) is 11.0. The summed E-state index contributed by atoms with van der Waals surface area (Å²) in [6.07, 6.45) is 2.67. The summed E-state index contributed by atoms with van der Waals surface area (Å²) < 4.78 is 0. The predicted octanol–water partition coefficient (Wildman–Crippen LogP) is 1.72. The van der Waals surface area contributed by atoms with Crippen molar-refractivity contribution >= 4 is 0 Å². The maximum atomic E-state index is 3.40. The van der Waals surface area contributed by atoms with E-state index in [0.29, 0.717) is 0 Å². The third kappa shape index (κ3) is 3.65. The highest BCUT2D eigenvalue weighted by Crippen LogP contribution is 2.14. The molecule has 13 heavy (non-hydrogen) atoms. The third-order valence-electron chi connectivity index (χ3n) is 3.22.